The molecule has 1 spiro atoms. The largest absolute Gasteiger partial charge is 0.325 e. The van der Waals surface area contributed by atoms with Gasteiger partial charge in [0.15, 0.2) is 0 Å². The van der Waals surface area contributed by atoms with Crippen molar-refractivity contribution in [2.45, 2.75) is 44.2 Å². The van der Waals surface area contributed by atoms with E-state index in [-0.39, 0.29) is 11.9 Å². The van der Waals surface area contributed by atoms with Gasteiger partial charge in [-0.05, 0) is 19.8 Å². The molecule has 6 nitrogen and oxygen atoms in total. The van der Waals surface area contributed by atoms with E-state index in [1.54, 1.807) is 0 Å². The predicted molar refractivity (Wildman–Crippen MR) is 75.3 cm³/mol. The second-order valence-electron chi connectivity index (χ2n) is 6.27. The maximum Gasteiger partial charge on any atom is 0.325 e. The van der Waals surface area contributed by atoms with Crippen LogP contribution in [0, 0.1) is 0 Å². The minimum absolute atomic E-state index is 0.00258. The van der Waals surface area contributed by atoms with Crippen molar-refractivity contribution >= 4 is 11.9 Å². The molecule has 3 rings (SSSR count). The molecule has 0 aromatic heterocycles. The molecule has 2 aliphatic heterocycles. The van der Waals surface area contributed by atoms with Crippen LogP contribution in [0.4, 0.5) is 4.79 Å². The molecular formula is C14H24N4O2. The average Bonchev–Trinajstić information content (AvgIpc) is 2.98. The molecule has 20 heavy (non-hydrogen) atoms. The summed E-state index contributed by atoms with van der Waals surface area (Å²) in [5.41, 5.74) is -0.563. The van der Waals surface area contributed by atoms with E-state index >= 15 is 0 Å². The summed E-state index contributed by atoms with van der Waals surface area (Å²) in [4.78, 5) is 28.3. The molecule has 0 bridgehead atoms. The zero-order valence-corrected chi connectivity index (χ0v) is 12.2. The number of hydrogen-bond donors (Lipinski definition) is 2. The molecule has 1 saturated carbocycles. The molecular weight excluding hydrogens is 256 g/mol. The van der Waals surface area contributed by atoms with Crippen LogP contribution in [0.25, 0.3) is 0 Å². The Morgan fingerprint density at radius 1 is 1.25 bits per heavy atom. The van der Waals surface area contributed by atoms with Crippen LogP contribution >= 0.6 is 0 Å². The first-order valence-corrected chi connectivity index (χ1v) is 7.71. The van der Waals surface area contributed by atoms with E-state index in [0.29, 0.717) is 12.6 Å². The number of carbonyl (C=O) groups is 2. The number of amides is 3. The second-order valence-corrected chi connectivity index (χ2v) is 6.27. The van der Waals surface area contributed by atoms with E-state index in [1.165, 1.54) is 4.90 Å². The first-order chi connectivity index (χ1) is 9.62. The van der Waals surface area contributed by atoms with Crippen LogP contribution < -0.4 is 10.6 Å². The summed E-state index contributed by atoms with van der Waals surface area (Å²) in [5, 5.41) is 6.28. The van der Waals surface area contributed by atoms with Gasteiger partial charge in [-0.3, -0.25) is 14.6 Å². The molecule has 0 unspecified atom stereocenters. The van der Waals surface area contributed by atoms with Crippen molar-refractivity contribution in [1.82, 2.24) is 20.4 Å². The zero-order chi connectivity index (χ0) is 14.2. The summed E-state index contributed by atoms with van der Waals surface area (Å²) in [6.07, 6.45) is 3.68. The van der Waals surface area contributed by atoms with Gasteiger partial charge in [0.1, 0.15) is 5.54 Å². The molecule has 0 aromatic carbocycles. The third-order valence-electron chi connectivity index (χ3n) is 4.95. The Hall–Kier alpha value is -1.14. The van der Waals surface area contributed by atoms with Gasteiger partial charge >= 0.3 is 6.03 Å². The quantitative estimate of drug-likeness (QED) is 0.722. The zero-order valence-electron chi connectivity index (χ0n) is 12.2. The highest BCUT2D eigenvalue weighted by molar-refractivity contribution is 6.07. The van der Waals surface area contributed by atoms with Crippen molar-refractivity contribution < 1.29 is 9.59 Å². The standard InChI is InChI=1S/C14H24N4O2/c1-11-10-15-6-7-17(11)8-9-18-12(19)14(16-13(18)20)4-2-3-5-14/h11,15H,2-10H2,1H3,(H,16,20)/t11-/m0/s1. The SMILES string of the molecule is C[C@H]1CNCCN1CCN1C(=O)NC2(CCCC2)C1=O. The van der Waals surface area contributed by atoms with Crippen LogP contribution in [0.1, 0.15) is 32.6 Å². The van der Waals surface area contributed by atoms with E-state index in [1.807, 2.05) is 0 Å². The monoisotopic (exact) mass is 280 g/mol. The van der Waals surface area contributed by atoms with E-state index in [0.717, 1.165) is 51.9 Å². The van der Waals surface area contributed by atoms with Gasteiger partial charge in [0.05, 0.1) is 0 Å². The van der Waals surface area contributed by atoms with Crippen molar-refractivity contribution in [3.05, 3.63) is 0 Å². The van der Waals surface area contributed by atoms with Crippen molar-refractivity contribution in [3.63, 3.8) is 0 Å². The molecule has 0 aromatic rings. The molecule has 3 fully saturated rings. The fraction of sp³-hybridized carbons (Fsp3) is 0.857. The molecule has 2 heterocycles. The van der Waals surface area contributed by atoms with Crippen LogP contribution in [0.15, 0.2) is 0 Å². The average molecular weight is 280 g/mol. The highest BCUT2D eigenvalue weighted by atomic mass is 16.2. The summed E-state index contributed by atoms with van der Waals surface area (Å²) >= 11 is 0. The van der Waals surface area contributed by atoms with Gasteiger partial charge < -0.3 is 10.6 Å². The smallest absolute Gasteiger partial charge is 0.323 e. The molecule has 0 radical (unpaired) electrons. The lowest BCUT2D eigenvalue weighted by Crippen LogP contribution is -2.52. The predicted octanol–water partition coefficient (Wildman–Crippen LogP) is 0.145. The Morgan fingerprint density at radius 3 is 2.70 bits per heavy atom. The summed E-state index contributed by atoms with van der Waals surface area (Å²) in [6, 6.07) is 0.268. The highest BCUT2D eigenvalue weighted by Crippen LogP contribution is 2.34. The van der Waals surface area contributed by atoms with Gasteiger partial charge in [-0.2, -0.15) is 0 Å². The Labute approximate surface area is 119 Å². The summed E-state index contributed by atoms with van der Waals surface area (Å²) < 4.78 is 0. The van der Waals surface area contributed by atoms with Crippen molar-refractivity contribution in [3.8, 4) is 0 Å². The van der Waals surface area contributed by atoms with Crippen LogP contribution in [-0.2, 0) is 4.79 Å². The second kappa shape index (κ2) is 5.33. The Kier molecular flexibility index (Phi) is 3.69. The fourth-order valence-corrected chi connectivity index (χ4v) is 3.64. The summed E-state index contributed by atoms with van der Waals surface area (Å²) in [6.45, 7) is 6.40. The lowest BCUT2D eigenvalue weighted by Gasteiger charge is -2.34. The van der Waals surface area contributed by atoms with Crippen molar-refractivity contribution in [2.24, 2.45) is 0 Å². The third-order valence-corrected chi connectivity index (χ3v) is 4.95. The summed E-state index contributed by atoms with van der Waals surface area (Å²) in [7, 11) is 0. The molecule has 1 aliphatic carbocycles. The maximum atomic E-state index is 12.5. The lowest BCUT2D eigenvalue weighted by atomic mass is 9.98. The molecule has 112 valence electrons. The first-order valence-electron chi connectivity index (χ1n) is 7.71. The summed E-state index contributed by atoms with van der Waals surface area (Å²) in [5.74, 6) is 0.00258. The van der Waals surface area contributed by atoms with Crippen LogP contribution in [0.2, 0.25) is 0 Å². The van der Waals surface area contributed by atoms with E-state index < -0.39 is 5.54 Å². The molecule has 3 amide bonds. The van der Waals surface area contributed by atoms with Crippen molar-refractivity contribution in [1.29, 1.82) is 0 Å². The Balaban J connectivity index is 1.60. The molecule has 2 saturated heterocycles. The van der Waals surface area contributed by atoms with Gasteiger partial charge in [-0.25, -0.2) is 4.79 Å². The number of hydrogen-bond acceptors (Lipinski definition) is 4. The number of nitrogens with zero attached hydrogens (tertiary/aromatic N) is 2. The molecule has 6 heteroatoms. The number of piperazine rings is 1. The van der Waals surface area contributed by atoms with E-state index in [2.05, 4.69) is 22.5 Å². The van der Waals surface area contributed by atoms with Crippen molar-refractivity contribution in [2.75, 3.05) is 32.7 Å². The van der Waals surface area contributed by atoms with E-state index in [9.17, 15) is 9.59 Å². The number of imide groups is 1. The van der Waals surface area contributed by atoms with Gasteiger partial charge in [0.2, 0.25) is 0 Å². The normalized spacial score (nSPS) is 30.2. The minimum Gasteiger partial charge on any atom is -0.323 e. The van der Waals surface area contributed by atoms with Crippen LogP contribution in [0.5, 0.6) is 0 Å². The van der Waals surface area contributed by atoms with Crippen LogP contribution in [0.3, 0.4) is 0 Å². The van der Waals surface area contributed by atoms with Gasteiger partial charge in [-0.1, -0.05) is 12.8 Å². The van der Waals surface area contributed by atoms with Gasteiger partial charge in [0.25, 0.3) is 5.91 Å². The number of carbonyl (C=O) groups excluding carboxylic acids is 2. The van der Waals surface area contributed by atoms with Crippen LogP contribution in [-0.4, -0.2) is 66.0 Å². The molecule has 1 atom stereocenters. The third kappa shape index (κ3) is 2.31. The van der Waals surface area contributed by atoms with E-state index in [4.69, 9.17) is 0 Å². The van der Waals surface area contributed by atoms with Gasteiger partial charge in [-0.15, -0.1) is 0 Å². The maximum absolute atomic E-state index is 12.5. The highest BCUT2D eigenvalue weighted by Gasteiger charge is 2.52. The van der Waals surface area contributed by atoms with Gasteiger partial charge in [0, 0.05) is 38.8 Å². The fourth-order valence-electron chi connectivity index (χ4n) is 3.64. The number of rotatable bonds is 3. The first kappa shape index (κ1) is 13.8. The molecule has 3 aliphatic rings. The lowest BCUT2D eigenvalue weighted by molar-refractivity contribution is -0.131. The molecule has 2 N–H and O–H groups in total. The Bertz CT molecular complexity index is 406. The minimum atomic E-state index is -0.563. The topological polar surface area (TPSA) is 64.7 Å². The number of nitrogens with one attached hydrogen (secondary N) is 2. The Morgan fingerprint density at radius 2 is 2.00 bits per heavy atom. The number of urea groups is 1.